The minimum Gasteiger partial charge on any atom is -0.308 e. The number of carbonyl (C=O) groups is 1. The van der Waals surface area contributed by atoms with Crippen LogP contribution in [0.15, 0.2) is 66.7 Å². The van der Waals surface area contributed by atoms with Crippen LogP contribution >= 0.6 is 11.3 Å². The standard InChI is InChI=1S/C21H13FN4OS/c1-23-16-9-10-18-19(12-16)28-21(25-18)26-20(27)24-17-4-2-3-14(11-17)13-5-7-15(22)8-6-13/h2-12H,(H2,24,25,26,27). The molecule has 3 aromatic carbocycles. The van der Waals surface area contributed by atoms with Crippen molar-refractivity contribution in [2.24, 2.45) is 0 Å². The fraction of sp³-hybridized carbons (Fsp3) is 0. The number of fused-ring (bicyclic) bond motifs is 1. The predicted molar refractivity (Wildman–Crippen MR) is 110 cm³/mol. The van der Waals surface area contributed by atoms with Crippen molar-refractivity contribution in [1.29, 1.82) is 0 Å². The molecule has 0 bridgehead atoms. The molecule has 1 heterocycles. The summed E-state index contributed by atoms with van der Waals surface area (Å²) >= 11 is 1.31. The smallest absolute Gasteiger partial charge is 0.308 e. The summed E-state index contributed by atoms with van der Waals surface area (Å²) in [6, 6.07) is 18.2. The largest absolute Gasteiger partial charge is 0.325 e. The molecule has 0 saturated heterocycles. The number of hydrogen-bond acceptors (Lipinski definition) is 3. The first-order valence-electron chi connectivity index (χ1n) is 8.33. The summed E-state index contributed by atoms with van der Waals surface area (Å²) in [6.45, 7) is 7.06. The van der Waals surface area contributed by atoms with E-state index >= 15 is 0 Å². The van der Waals surface area contributed by atoms with Crippen molar-refractivity contribution in [2.75, 3.05) is 10.6 Å². The molecule has 28 heavy (non-hydrogen) atoms. The minimum absolute atomic E-state index is 0.295. The van der Waals surface area contributed by atoms with Gasteiger partial charge in [-0.25, -0.2) is 19.0 Å². The fourth-order valence-corrected chi connectivity index (χ4v) is 3.61. The number of benzene rings is 3. The van der Waals surface area contributed by atoms with E-state index in [0.29, 0.717) is 16.5 Å². The third-order valence-corrected chi connectivity index (χ3v) is 4.95. The maximum Gasteiger partial charge on any atom is 0.325 e. The average molecular weight is 388 g/mol. The highest BCUT2D eigenvalue weighted by Crippen LogP contribution is 2.29. The Kier molecular flexibility index (Phi) is 4.70. The molecule has 0 aliphatic heterocycles. The molecule has 4 rings (SSSR count). The molecule has 2 N–H and O–H groups in total. The molecule has 1 aromatic heterocycles. The summed E-state index contributed by atoms with van der Waals surface area (Å²) in [6.07, 6.45) is 0. The normalized spacial score (nSPS) is 10.4. The Labute approximate surface area is 164 Å². The van der Waals surface area contributed by atoms with Crippen molar-refractivity contribution in [2.45, 2.75) is 0 Å². The number of nitrogens with one attached hydrogen (secondary N) is 2. The molecule has 0 saturated carbocycles. The van der Waals surface area contributed by atoms with Crippen LogP contribution in [0, 0.1) is 12.4 Å². The van der Waals surface area contributed by atoms with Gasteiger partial charge in [0.15, 0.2) is 10.8 Å². The van der Waals surface area contributed by atoms with E-state index in [0.717, 1.165) is 21.3 Å². The predicted octanol–water partition coefficient (Wildman–Crippen LogP) is 6.30. The fourth-order valence-electron chi connectivity index (χ4n) is 2.71. The maximum absolute atomic E-state index is 13.1. The Morgan fingerprint density at radius 3 is 2.61 bits per heavy atom. The van der Waals surface area contributed by atoms with Gasteiger partial charge < -0.3 is 5.32 Å². The van der Waals surface area contributed by atoms with E-state index in [1.165, 1.54) is 23.5 Å². The van der Waals surface area contributed by atoms with E-state index in [-0.39, 0.29) is 5.82 Å². The number of anilines is 2. The van der Waals surface area contributed by atoms with Gasteiger partial charge in [0.05, 0.1) is 12.1 Å². The first-order chi connectivity index (χ1) is 13.6. The minimum atomic E-state index is -0.416. The molecule has 0 spiro atoms. The van der Waals surface area contributed by atoms with E-state index in [1.807, 2.05) is 18.2 Å². The molecule has 0 radical (unpaired) electrons. The van der Waals surface area contributed by atoms with Gasteiger partial charge in [0, 0.05) is 10.4 Å². The number of aromatic nitrogens is 1. The van der Waals surface area contributed by atoms with Gasteiger partial charge in [-0.2, -0.15) is 0 Å². The second-order valence-electron chi connectivity index (χ2n) is 5.95. The molecular weight excluding hydrogens is 375 g/mol. The van der Waals surface area contributed by atoms with Crippen LogP contribution < -0.4 is 10.6 Å². The first-order valence-corrected chi connectivity index (χ1v) is 9.14. The summed E-state index contributed by atoms with van der Waals surface area (Å²) in [7, 11) is 0. The van der Waals surface area contributed by atoms with Crippen LogP contribution in [-0.4, -0.2) is 11.0 Å². The number of thiazole rings is 1. The second kappa shape index (κ2) is 7.47. The van der Waals surface area contributed by atoms with Crippen LogP contribution in [-0.2, 0) is 0 Å². The number of rotatable bonds is 3. The van der Waals surface area contributed by atoms with Gasteiger partial charge in [0.1, 0.15) is 5.82 Å². The number of hydrogen-bond donors (Lipinski definition) is 2. The van der Waals surface area contributed by atoms with Crippen LogP contribution in [0.1, 0.15) is 0 Å². The maximum atomic E-state index is 13.1. The highest BCUT2D eigenvalue weighted by atomic mass is 32.1. The molecule has 2 amide bonds. The summed E-state index contributed by atoms with van der Waals surface area (Å²) in [5.41, 5.74) is 3.59. The van der Waals surface area contributed by atoms with Crippen molar-refractivity contribution in [1.82, 2.24) is 4.98 Å². The summed E-state index contributed by atoms with van der Waals surface area (Å²) in [4.78, 5) is 20.1. The lowest BCUT2D eigenvalue weighted by molar-refractivity contribution is 0.262. The van der Waals surface area contributed by atoms with Crippen molar-refractivity contribution in [3.63, 3.8) is 0 Å². The summed E-state index contributed by atoms with van der Waals surface area (Å²) in [5, 5.41) is 5.94. The number of urea groups is 1. The molecule has 0 atom stereocenters. The topological polar surface area (TPSA) is 58.4 Å². The van der Waals surface area contributed by atoms with E-state index in [1.54, 1.807) is 36.4 Å². The molecule has 0 fully saturated rings. The van der Waals surface area contributed by atoms with Gasteiger partial charge in [-0.3, -0.25) is 5.32 Å². The quantitative estimate of drug-likeness (QED) is 0.405. The third-order valence-electron chi connectivity index (χ3n) is 4.02. The zero-order chi connectivity index (χ0) is 19.5. The number of amides is 2. The van der Waals surface area contributed by atoms with Gasteiger partial charge in [-0.1, -0.05) is 41.7 Å². The number of carbonyl (C=O) groups excluding carboxylic acids is 1. The van der Waals surface area contributed by atoms with Gasteiger partial charge in [0.2, 0.25) is 0 Å². The molecule has 4 aromatic rings. The Morgan fingerprint density at radius 2 is 1.82 bits per heavy atom. The number of halogens is 1. The van der Waals surface area contributed by atoms with Crippen molar-refractivity contribution in [3.05, 3.63) is 84.0 Å². The lowest BCUT2D eigenvalue weighted by Gasteiger charge is -2.08. The van der Waals surface area contributed by atoms with Gasteiger partial charge >= 0.3 is 6.03 Å². The van der Waals surface area contributed by atoms with Gasteiger partial charge in [-0.15, -0.1) is 0 Å². The third kappa shape index (κ3) is 3.82. The zero-order valence-corrected chi connectivity index (χ0v) is 15.3. The highest BCUT2D eigenvalue weighted by Gasteiger charge is 2.09. The summed E-state index contributed by atoms with van der Waals surface area (Å²) < 4.78 is 13.9. The lowest BCUT2D eigenvalue weighted by atomic mass is 10.1. The zero-order valence-electron chi connectivity index (χ0n) is 14.4. The van der Waals surface area contributed by atoms with Crippen molar-refractivity contribution >= 4 is 44.1 Å². The van der Waals surface area contributed by atoms with Gasteiger partial charge in [-0.05, 0) is 47.5 Å². The first kappa shape index (κ1) is 17.6. The van der Waals surface area contributed by atoms with Gasteiger partial charge in [0.25, 0.3) is 0 Å². The van der Waals surface area contributed by atoms with Crippen LogP contribution in [0.25, 0.3) is 26.2 Å². The Balaban J connectivity index is 1.49. The van der Waals surface area contributed by atoms with E-state index < -0.39 is 6.03 Å². The molecule has 5 nitrogen and oxygen atoms in total. The molecular formula is C21H13FN4OS. The molecule has 0 aliphatic rings. The van der Waals surface area contributed by atoms with Crippen molar-refractivity contribution < 1.29 is 9.18 Å². The molecule has 7 heteroatoms. The Hall–Kier alpha value is -3.76. The molecule has 136 valence electrons. The van der Waals surface area contributed by atoms with Crippen LogP contribution in [0.3, 0.4) is 0 Å². The Bertz CT molecular complexity index is 1210. The van der Waals surface area contributed by atoms with Crippen LogP contribution in [0.4, 0.5) is 25.7 Å². The van der Waals surface area contributed by atoms with E-state index in [9.17, 15) is 9.18 Å². The monoisotopic (exact) mass is 388 g/mol. The van der Waals surface area contributed by atoms with Crippen LogP contribution in [0.5, 0.6) is 0 Å². The average Bonchev–Trinajstić information content (AvgIpc) is 3.09. The van der Waals surface area contributed by atoms with E-state index in [2.05, 4.69) is 20.5 Å². The highest BCUT2D eigenvalue weighted by molar-refractivity contribution is 7.22. The molecule has 0 unspecified atom stereocenters. The summed E-state index contributed by atoms with van der Waals surface area (Å²) in [5.74, 6) is -0.295. The second-order valence-corrected chi connectivity index (χ2v) is 6.98. The lowest BCUT2D eigenvalue weighted by Crippen LogP contribution is -2.19. The Morgan fingerprint density at radius 1 is 1.00 bits per heavy atom. The van der Waals surface area contributed by atoms with Crippen LogP contribution in [0.2, 0.25) is 0 Å². The molecule has 0 aliphatic carbocycles. The van der Waals surface area contributed by atoms with Crippen molar-refractivity contribution in [3.8, 4) is 11.1 Å². The SMILES string of the molecule is [C-]#[N+]c1ccc2nc(NC(=O)Nc3cccc(-c4ccc(F)cc4)c3)sc2c1. The number of nitrogens with zero attached hydrogens (tertiary/aromatic N) is 2. The van der Waals surface area contributed by atoms with E-state index in [4.69, 9.17) is 6.57 Å².